The molecule has 1 saturated heterocycles. The summed E-state index contributed by atoms with van der Waals surface area (Å²) in [4.78, 5) is 31.9. The molecule has 0 unspecified atom stereocenters. The van der Waals surface area contributed by atoms with Gasteiger partial charge in [0, 0.05) is 26.2 Å². The Morgan fingerprint density at radius 1 is 0.793 bits per heavy atom. The summed E-state index contributed by atoms with van der Waals surface area (Å²) in [6.45, 7) is 5.81. The molecule has 2 aliphatic heterocycles. The summed E-state index contributed by atoms with van der Waals surface area (Å²) < 4.78 is 26.8. The van der Waals surface area contributed by atoms with Crippen molar-refractivity contribution in [3.8, 4) is 0 Å². The van der Waals surface area contributed by atoms with E-state index in [4.69, 9.17) is 0 Å². The van der Waals surface area contributed by atoms with Crippen LogP contribution in [0.25, 0.3) is 5.57 Å². The second-order valence-corrected chi connectivity index (χ2v) is 7.07. The normalized spacial score (nSPS) is 18.2. The number of imide groups is 1. The Hall–Kier alpha value is -3.06. The number of carbonyl (C=O) groups is 2. The number of carbonyl (C=O) groups excluding carboxylic acids is 2. The number of anilines is 1. The summed E-state index contributed by atoms with van der Waals surface area (Å²) >= 11 is 0. The third-order valence-electron chi connectivity index (χ3n) is 5.41. The quantitative estimate of drug-likeness (QED) is 0.745. The lowest BCUT2D eigenvalue weighted by Gasteiger charge is -2.36. The molecular weight excluding hydrogens is 376 g/mol. The van der Waals surface area contributed by atoms with E-state index in [1.54, 1.807) is 0 Å². The number of rotatable bonds is 4. The third kappa shape index (κ3) is 3.53. The molecule has 2 heterocycles. The highest BCUT2D eigenvalue weighted by Gasteiger charge is 2.43. The predicted octanol–water partition coefficient (Wildman–Crippen LogP) is 2.89. The zero-order valence-electron chi connectivity index (χ0n) is 16.1. The maximum absolute atomic E-state index is 13.4. The largest absolute Gasteiger partial charge is 0.364 e. The van der Waals surface area contributed by atoms with Crippen LogP contribution in [0.3, 0.4) is 0 Å². The zero-order chi connectivity index (χ0) is 20.5. The molecule has 0 aromatic heterocycles. The second kappa shape index (κ2) is 7.75. The van der Waals surface area contributed by atoms with Gasteiger partial charge >= 0.3 is 0 Å². The van der Waals surface area contributed by atoms with Gasteiger partial charge in [-0.25, -0.2) is 13.7 Å². The van der Waals surface area contributed by atoms with Crippen LogP contribution >= 0.6 is 0 Å². The van der Waals surface area contributed by atoms with Gasteiger partial charge in [-0.3, -0.25) is 9.59 Å². The van der Waals surface area contributed by atoms with Crippen molar-refractivity contribution >= 4 is 23.1 Å². The lowest BCUT2D eigenvalue weighted by Crippen LogP contribution is -2.47. The van der Waals surface area contributed by atoms with Gasteiger partial charge in [-0.1, -0.05) is 19.1 Å². The zero-order valence-corrected chi connectivity index (χ0v) is 16.1. The number of nitrogens with zero attached hydrogens (tertiary/aromatic N) is 3. The van der Waals surface area contributed by atoms with E-state index in [1.807, 2.05) is 4.90 Å². The fourth-order valence-electron chi connectivity index (χ4n) is 3.80. The lowest BCUT2D eigenvalue weighted by atomic mass is 10.0. The number of likely N-dealkylation sites (N-methyl/N-ethyl adjacent to an activating group) is 1. The van der Waals surface area contributed by atoms with Gasteiger partial charge in [-0.05, 0) is 48.5 Å². The number of amides is 2. The van der Waals surface area contributed by atoms with Crippen molar-refractivity contribution in [1.82, 2.24) is 9.80 Å². The number of hydrogen-bond donors (Lipinski definition) is 0. The lowest BCUT2D eigenvalue weighted by molar-refractivity contribution is -0.120. The van der Waals surface area contributed by atoms with Crippen LogP contribution < -0.4 is 4.90 Å². The number of halogens is 2. The van der Waals surface area contributed by atoms with Crippen LogP contribution in [0.2, 0.25) is 0 Å². The van der Waals surface area contributed by atoms with E-state index in [2.05, 4.69) is 11.8 Å². The smallest absolute Gasteiger partial charge is 0.282 e. The molecule has 5 nitrogen and oxygen atoms in total. The van der Waals surface area contributed by atoms with Crippen LogP contribution in [-0.2, 0) is 9.59 Å². The first-order valence-electron chi connectivity index (χ1n) is 9.61. The van der Waals surface area contributed by atoms with Crippen molar-refractivity contribution < 1.29 is 18.4 Å². The van der Waals surface area contributed by atoms with E-state index in [9.17, 15) is 18.4 Å². The first kappa shape index (κ1) is 19.3. The van der Waals surface area contributed by atoms with E-state index in [0.717, 1.165) is 24.5 Å². The Labute approximate surface area is 167 Å². The molecule has 0 radical (unpaired) electrons. The van der Waals surface area contributed by atoms with E-state index in [1.165, 1.54) is 48.5 Å². The van der Waals surface area contributed by atoms with Crippen molar-refractivity contribution in [2.45, 2.75) is 6.92 Å². The minimum absolute atomic E-state index is 0.254. The highest BCUT2D eigenvalue weighted by Crippen LogP contribution is 2.35. The molecule has 7 heteroatoms. The maximum Gasteiger partial charge on any atom is 0.282 e. The maximum atomic E-state index is 13.4. The molecule has 2 aliphatic rings. The number of hydrogen-bond acceptors (Lipinski definition) is 4. The molecular formula is C22H21F2N3O2. The van der Waals surface area contributed by atoms with Crippen molar-refractivity contribution in [3.05, 3.63) is 71.4 Å². The summed E-state index contributed by atoms with van der Waals surface area (Å²) in [5.74, 6) is -1.79. The molecule has 0 atom stereocenters. The van der Waals surface area contributed by atoms with Crippen LogP contribution in [0.1, 0.15) is 12.5 Å². The molecule has 2 aromatic carbocycles. The molecule has 2 aromatic rings. The fourth-order valence-corrected chi connectivity index (χ4v) is 3.80. The van der Waals surface area contributed by atoms with Crippen LogP contribution in [0.4, 0.5) is 14.5 Å². The highest BCUT2D eigenvalue weighted by atomic mass is 19.1. The predicted molar refractivity (Wildman–Crippen MR) is 106 cm³/mol. The van der Waals surface area contributed by atoms with Gasteiger partial charge in [0.1, 0.15) is 17.3 Å². The average Bonchev–Trinajstić information content (AvgIpc) is 3.00. The van der Waals surface area contributed by atoms with E-state index in [-0.39, 0.29) is 5.57 Å². The van der Waals surface area contributed by atoms with Crippen LogP contribution in [0.15, 0.2) is 54.2 Å². The summed E-state index contributed by atoms with van der Waals surface area (Å²) in [5.41, 5.74) is 1.37. The second-order valence-electron chi connectivity index (χ2n) is 7.07. The monoisotopic (exact) mass is 397 g/mol. The Balaban J connectivity index is 1.76. The van der Waals surface area contributed by atoms with Crippen molar-refractivity contribution in [2.24, 2.45) is 0 Å². The van der Waals surface area contributed by atoms with Crippen molar-refractivity contribution in [1.29, 1.82) is 0 Å². The van der Waals surface area contributed by atoms with Gasteiger partial charge in [0.05, 0.1) is 11.3 Å². The summed E-state index contributed by atoms with van der Waals surface area (Å²) in [7, 11) is 0. The molecule has 0 N–H and O–H groups in total. The Morgan fingerprint density at radius 3 is 1.90 bits per heavy atom. The van der Waals surface area contributed by atoms with Crippen molar-refractivity contribution in [3.63, 3.8) is 0 Å². The average molecular weight is 397 g/mol. The fraction of sp³-hybridized carbons (Fsp3) is 0.273. The SMILES string of the molecule is CCN1CCN(C2=C(c3ccc(F)cc3)C(=O)N(c3ccc(F)cc3)C2=O)CC1. The molecule has 0 aliphatic carbocycles. The van der Waals surface area contributed by atoms with Gasteiger partial charge in [0.25, 0.3) is 11.8 Å². The molecule has 0 bridgehead atoms. The van der Waals surface area contributed by atoms with Gasteiger partial charge in [0.15, 0.2) is 0 Å². The molecule has 29 heavy (non-hydrogen) atoms. The summed E-state index contributed by atoms with van der Waals surface area (Å²) in [6.07, 6.45) is 0. The Morgan fingerprint density at radius 2 is 1.34 bits per heavy atom. The third-order valence-corrected chi connectivity index (χ3v) is 5.41. The number of benzene rings is 2. The molecule has 150 valence electrons. The molecule has 2 amide bonds. The summed E-state index contributed by atoms with van der Waals surface area (Å²) in [6, 6.07) is 10.8. The Kier molecular flexibility index (Phi) is 5.15. The standard InChI is InChI=1S/C22H21F2N3O2/c1-2-25-11-13-26(14-12-25)20-19(15-3-5-16(23)6-4-15)21(28)27(22(20)29)18-9-7-17(24)8-10-18/h3-10H,2,11-14H2,1H3. The van der Waals surface area contributed by atoms with Crippen LogP contribution in [-0.4, -0.2) is 54.3 Å². The topological polar surface area (TPSA) is 43.9 Å². The van der Waals surface area contributed by atoms with Crippen LogP contribution in [0, 0.1) is 11.6 Å². The molecule has 0 spiro atoms. The molecule has 0 saturated carbocycles. The minimum atomic E-state index is -0.485. The first-order valence-corrected chi connectivity index (χ1v) is 9.61. The molecule has 1 fully saturated rings. The molecule has 4 rings (SSSR count). The summed E-state index contributed by atoms with van der Waals surface area (Å²) in [5, 5.41) is 0. The number of piperazine rings is 1. The minimum Gasteiger partial charge on any atom is -0.364 e. The van der Waals surface area contributed by atoms with E-state index in [0.29, 0.717) is 30.0 Å². The van der Waals surface area contributed by atoms with Crippen molar-refractivity contribution in [2.75, 3.05) is 37.6 Å². The van der Waals surface area contributed by atoms with Gasteiger partial charge in [0.2, 0.25) is 0 Å². The van der Waals surface area contributed by atoms with Gasteiger partial charge < -0.3 is 9.80 Å². The van der Waals surface area contributed by atoms with Gasteiger partial charge in [-0.2, -0.15) is 0 Å². The van der Waals surface area contributed by atoms with E-state index < -0.39 is 23.4 Å². The van der Waals surface area contributed by atoms with E-state index >= 15 is 0 Å². The Bertz CT molecular complexity index is 963. The van der Waals surface area contributed by atoms with Crippen LogP contribution in [0.5, 0.6) is 0 Å². The van der Waals surface area contributed by atoms with Gasteiger partial charge in [-0.15, -0.1) is 0 Å². The highest BCUT2D eigenvalue weighted by molar-refractivity contribution is 6.45. The first-order chi connectivity index (χ1) is 14.0.